The molecule has 3 rings (SSSR count). The predicted octanol–water partition coefficient (Wildman–Crippen LogP) is 3.82. The van der Waals surface area contributed by atoms with E-state index in [0.717, 1.165) is 5.56 Å². The van der Waals surface area contributed by atoms with Crippen molar-refractivity contribution in [2.24, 2.45) is 4.99 Å². The van der Waals surface area contributed by atoms with E-state index in [2.05, 4.69) is 4.99 Å². The zero-order valence-corrected chi connectivity index (χ0v) is 11.5. The molecule has 0 bridgehead atoms. The molecule has 1 aliphatic heterocycles. The van der Waals surface area contributed by atoms with Gasteiger partial charge in [0.1, 0.15) is 5.82 Å². The van der Waals surface area contributed by atoms with Crippen LogP contribution in [0.5, 0.6) is 0 Å². The second-order valence-electron chi connectivity index (χ2n) is 4.39. The molecule has 21 heavy (non-hydrogen) atoms. The van der Waals surface area contributed by atoms with Crippen LogP contribution in [0.2, 0.25) is 5.02 Å². The van der Waals surface area contributed by atoms with E-state index in [4.69, 9.17) is 16.3 Å². The number of halogens is 2. The molecule has 104 valence electrons. The minimum Gasteiger partial charge on any atom is -0.402 e. The number of ether oxygens (including phenoxy) is 1. The molecule has 0 fully saturated rings. The number of carbonyl (C=O) groups is 1. The highest BCUT2D eigenvalue weighted by Gasteiger charge is 2.24. The van der Waals surface area contributed by atoms with Gasteiger partial charge in [0.15, 0.2) is 5.70 Å². The molecule has 0 saturated heterocycles. The summed E-state index contributed by atoms with van der Waals surface area (Å²) in [6.45, 7) is 0. The van der Waals surface area contributed by atoms with E-state index >= 15 is 0 Å². The molecule has 0 saturated carbocycles. The number of rotatable bonds is 2. The SMILES string of the molecule is O=C1OC(c2ccc(F)cc2)=NC1=Cc1ccc(Cl)cc1. The standard InChI is InChI=1S/C16H9ClFNO2/c17-12-5-1-10(2-6-12)9-14-16(20)21-15(19-14)11-3-7-13(18)8-4-11/h1-9H. The van der Waals surface area contributed by atoms with Gasteiger partial charge in [-0.1, -0.05) is 23.7 Å². The maximum Gasteiger partial charge on any atom is 0.363 e. The van der Waals surface area contributed by atoms with E-state index < -0.39 is 5.97 Å². The fourth-order valence-electron chi connectivity index (χ4n) is 1.84. The highest BCUT2D eigenvalue weighted by Crippen LogP contribution is 2.20. The van der Waals surface area contributed by atoms with Crippen molar-refractivity contribution in [3.8, 4) is 0 Å². The summed E-state index contributed by atoms with van der Waals surface area (Å²) in [4.78, 5) is 15.9. The van der Waals surface area contributed by atoms with E-state index in [1.54, 1.807) is 30.3 Å². The summed E-state index contributed by atoms with van der Waals surface area (Å²) >= 11 is 5.80. The lowest BCUT2D eigenvalue weighted by Gasteiger charge is -1.98. The van der Waals surface area contributed by atoms with Crippen molar-refractivity contribution in [2.45, 2.75) is 0 Å². The monoisotopic (exact) mass is 301 g/mol. The molecular weight excluding hydrogens is 293 g/mol. The van der Waals surface area contributed by atoms with Crippen molar-refractivity contribution in [1.82, 2.24) is 0 Å². The van der Waals surface area contributed by atoms with Crippen LogP contribution in [0.25, 0.3) is 6.08 Å². The highest BCUT2D eigenvalue weighted by atomic mass is 35.5. The molecule has 0 N–H and O–H groups in total. The third-order valence-corrected chi connectivity index (χ3v) is 3.14. The maximum atomic E-state index is 12.9. The van der Waals surface area contributed by atoms with Gasteiger partial charge in [-0.05, 0) is 48.0 Å². The van der Waals surface area contributed by atoms with Crippen LogP contribution in [0.1, 0.15) is 11.1 Å². The third-order valence-electron chi connectivity index (χ3n) is 2.89. The van der Waals surface area contributed by atoms with Gasteiger partial charge < -0.3 is 4.74 Å². The highest BCUT2D eigenvalue weighted by molar-refractivity contribution is 6.30. The Bertz CT molecular complexity index is 749. The first-order chi connectivity index (χ1) is 10.1. The number of hydrogen-bond acceptors (Lipinski definition) is 3. The quantitative estimate of drug-likeness (QED) is 0.625. The molecule has 3 nitrogen and oxygen atoms in total. The zero-order valence-electron chi connectivity index (χ0n) is 10.7. The van der Waals surface area contributed by atoms with Gasteiger partial charge in [-0.15, -0.1) is 0 Å². The van der Waals surface area contributed by atoms with Gasteiger partial charge in [-0.2, -0.15) is 0 Å². The Balaban J connectivity index is 1.91. The van der Waals surface area contributed by atoms with E-state index in [1.165, 1.54) is 24.3 Å². The Morgan fingerprint density at radius 2 is 1.71 bits per heavy atom. The van der Waals surface area contributed by atoms with Crippen LogP contribution in [0.4, 0.5) is 4.39 Å². The summed E-state index contributed by atoms with van der Waals surface area (Å²) in [6, 6.07) is 12.6. The van der Waals surface area contributed by atoms with E-state index in [1.807, 2.05) is 0 Å². The summed E-state index contributed by atoms with van der Waals surface area (Å²) in [6.07, 6.45) is 1.61. The van der Waals surface area contributed by atoms with Gasteiger partial charge in [0.25, 0.3) is 0 Å². The molecule has 5 heteroatoms. The molecule has 0 atom stereocenters. The fraction of sp³-hybridized carbons (Fsp3) is 0. The first-order valence-corrected chi connectivity index (χ1v) is 6.54. The van der Waals surface area contributed by atoms with Gasteiger partial charge in [0.05, 0.1) is 0 Å². The lowest BCUT2D eigenvalue weighted by molar-refractivity contribution is -0.129. The molecule has 1 heterocycles. The summed E-state index contributed by atoms with van der Waals surface area (Å²) in [5.41, 5.74) is 1.52. The van der Waals surface area contributed by atoms with Crippen LogP contribution in [0, 0.1) is 5.82 Å². The molecular formula is C16H9ClFNO2. The summed E-state index contributed by atoms with van der Waals surface area (Å²) in [7, 11) is 0. The normalized spacial score (nSPS) is 16.0. The Kier molecular flexibility index (Phi) is 3.54. The minimum atomic E-state index is -0.538. The van der Waals surface area contributed by atoms with Crippen molar-refractivity contribution >= 4 is 29.5 Å². The molecule has 1 aliphatic rings. The van der Waals surface area contributed by atoms with E-state index in [0.29, 0.717) is 10.6 Å². The second-order valence-corrected chi connectivity index (χ2v) is 4.83. The average molecular weight is 302 g/mol. The van der Waals surface area contributed by atoms with Gasteiger partial charge in [0, 0.05) is 10.6 Å². The number of benzene rings is 2. The number of nitrogens with zero attached hydrogens (tertiary/aromatic N) is 1. The lowest BCUT2D eigenvalue weighted by atomic mass is 10.2. The van der Waals surface area contributed by atoms with Crippen molar-refractivity contribution in [3.63, 3.8) is 0 Å². The second kappa shape index (κ2) is 5.50. The van der Waals surface area contributed by atoms with Crippen molar-refractivity contribution in [1.29, 1.82) is 0 Å². The number of aliphatic imine (C=N–C) groups is 1. The topological polar surface area (TPSA) is 38.7 Å². The lowest BCUT2D eigenvalue weighted by Crippen LogP contribution is -2.05. The number of carbonyl (C=O) groups excluding carboxylic acids is 1. The number of esters is 1. The van der Waals surface area contributed by atoms with E-state index in [-0.39, 0.29) is 17.4 Å². The Morgan fingerprint density at radius 3 is 2.38 bits per heavy atom. The Hall–Kier alpha value is -2.46. The van der Waals surface area contributed by atoms with Gasteiger partial charge in [-0.3, -0.25) is 0 Å². The largest absolute Gasteiger partial charge is 0.402 e. The van der Waals surface area contributed by atoms with Gasteiger partial charge in [0.2, 0.25) is 5.90 Å². The molecule has 0 aliphatic carbocycles. The third kappa shape index (κ3) is 3.01. The van der Waals surface area contributed by atoms with Crippen LogP contribution in [0.15, 0.2) is 59.2 Å². The molecule has 0 spiro atoms. The van der Waals surface area contributed by atoms with Crippen LogP contribution < -0.4 is 0 Å². The van der Waals surface area contributed by atoms with Crippen molar-refractivity contribution in [2.75, 3.05) is 0 Å². The zero-order chi connectivity index (χ0) is 14.8. The molecule has 0 radical (unpaired) electrons. The predicted molar refractivity (Wildman–Crippen MR) is 78.5 cm³/mol. The molecule has 0 amide bonds. The van der Waals surface area contributed by atoms with Gasteiger partial charge in [-0.25, -0.2) is 14.2 Å². The van der Waals surface area contributed by atoms with Crippen LogP contribution in [0.3, 0.4) is 0 Å². The van der Waals surface area contributed by atoms with Crippen molar-refractivity contribution in [3.05, 3.63) is 76.2 Å². The van der Waals surface area contributed by atoms with Crippen LogP contribution in [-0.2, 0) is 9.53 Å². The molecule has 2 aromatic carbocycles. The fourth-order valence-corrected chi connectivity index (χ4v) is 1.97. The molecule has 2 aromatic rings. The van der Waals surface area contributed by atoms with Crippen LogP contribution >= 0.6 is 11.6 Å². The Labute approximate surface area is 125 Å². The summed E-state index contributed by atoms with van der Waals surface area (Å²) in [5, 5.41) is 0.613. The first kappa shape index (κ1) is 13.5. The Morgan fingerprint density at radius 1 is 1.05 bits per heavy atom. The minimum absolute atomic E-state index is 0.167. The molecule has 0 aromatic heterocycles. The van der Waals surface area contributed by atoms with Crippen LogP contribution in [-0.4, -0.2) is 11.9 Å². The number of hydrogen-bond donors (Lipinski definition) is 0. The smallest absolute Gasteiger partial charge is 0.363 e. The first-order valence-electron chi connectivity index (χ1n) is 6.16. The molecule has 0 unspecified atom stereocenters. The number of cyclic esters (lactones) is 1. The maximum absolute atomic E-state index is 12.9. The average Bonchev–Trinajstić information content (AvgIpc) is 2.83. The summed E-state index contributed by atoms with van der Waals surface area (Å²) < 4.78 is 18.0. The van der Waals surface area contributed by atoms with E-state index in [9.17, 15) is 9.18 Å². The summed E-state index contributed by atoms with van der Waals surface area (Å²) in [5.74, 6) is -0.731. The van der Waals surface area contributed by atoms with Crippen molar-refractivity contribution < 1.29 is 13.9 Å². The van der Waals surface area contributed by atoms with Gasteiger partial charge >= 0.3 is 5.97 Å².